The second-order valence-corrected chi connectivity index (χ2v) is 0.576. The summed E-state index contributed by atoms with van der Waals surface area (Å²) < 4.78 is 0. The van der Waals surface area contributed by atoms with E-state index in [1.165, 1.54) is 0 Å². The van der Waals surface area contributed by atoms with Gasteiger partial charge in [0, 0.05) is 6.54 Å². The van der Waals surface area contributed by atoms with Crippen molar-refractivity contribution in [1.82, 2.24) is 0 Å². The van der Waals surface area contributed by atoms with Gasteiger partial charge in [0.15, 0.2) is 0 Å². The minimum absolute atomic E-state index is 0. The Bertz CT molecular complexity index is 51.0. The molecular weight excluding hydrogens is 287 g/mol. The van der Waals surface area contributed by atoms with Gasteiger partial charge in [-0.25, -0.2) is 0 Å². The van der Waals surface area contributed by atoms with Crippen LogP contribution in [0.15, 0.2) is 0 Å². The second-order valence-electron chi connectivity index (χ2n) is 0.576. The van der Waals surface area contributed by atoms with Gasteiger partial charge in [-0.3, -0.25) is 0 Å². The Labute approximate surface area is 92.5 Å². The summed E-state index contributed by atoms with van der Waals surface area (Å²) in [4.78, 5) is 9.13. The molecule has 0 aromatic heterocycles. The molecule has 0 saturated heterocycles. The van der Waals surface area contributed by atoms with Crippen LogP contribution in [0.4, 0.5) is 0 Å². The average Bonchev–Trinajstić information content (AvgIpc) is 1.38. The number of hydrogen-bond acceptors (Lipinski definition) is 3. The fraction of sp³-hybridized carbons (Fsp3) is 0.500. The number of carboxylic acids is 1. The Morgan fingerprint density at radius 1 is 1.71 bits per heavy atom. The molecule has 7 heavy (non-hydrogen) atoms. The average molecular weight is 291 g/mol. The van der Waals surface area contributed by atoms with Gasteiger partial charge in [0.2, 0.25) is 0 Å². The molecule has 0 aromatic rings. The zero-order valence-electron chi connectivity index (χ0n) is 3.69. The molecule has 38 valence electrons. The first kappa shape index (κ1) is 15.8. The van der Waals surface area contributed by atoms with Crippen molar-refractivity contribution in [1.29, 1.82) is 0 Å². The van der Waals surface area contributed by atoms with Crippen molar-refractivity contribution < 1.29 is 26.9 Å². The molecule has 5 heteroatoms. The molecule has 0 aliphatic carbocycles. The van der Waals surface area contributed by atoms with E-state index in [0.717, 1.165) is 0 Å². The summed E-state index contributed by atoms with van der Waals surface area (Å²) in [6, 6.07) is 0. The molecule has 0 saturated carbocycles. The Hall–Kier alpha value is 1.48. The van der Waals surface area contributed by atoms with Gasteiger partial charge in [0.25, 0.3) is 0 Å². The van der Waals surface area contributed by atoms with Crippen molar-refractivity contribution >= 4 is 54.9 Å². The molecule has 0 amide bonds. The van der Waals surface area contributed by atoms with Crippen molar-refractivity contribution in [3.63, 3.8) is 0 Å². The van der Waals surface area contributed by atoms with E-state index >= 15 is 0 Å². The van der Waals surface area contributed by atoms with E-state index in [1.54, 1.807) is 0 Å². The molecule has 0 rings (SSSR count). The van der Waals surface area contributed by atoms with E-state index in [9.17, 15) is 0 Å². The number of nitrogens with two attached hydrogens (primary N) is 1. The predicted molar refractivity (Wildman–Crippen MR) is 19.8 cm³/mol. The van der Waals surface area contributed by atoms with Crippen LogP contribution in [-0.2, 0) is 4.79 Å². The van der Waals surface area contributed by atoms with Gasteiger partial charge in [-0.05, 0) is 0 Å². The van der Waals surface area contributed by atoms with Crippen molar-refractivity contribution in [2.24, 2.45) is 5.73 Å². The standard InChI is InChI=1S/C2H5NO2.Ba.BrH/c3-1-2(4)5;;/h1,3H2,(H,4,5);;1H/q;+2;/p-2. The van der Waals surface area contributed by atoms with E-state index in [2.05, 4.69) is 5.73 Å². The summed E-state index contributed by atoms with van der Waals surface area (Å²) in [5.74, 6) is -1.22. The smallest absolute Gasteiger partial charge is 1.00 e. The number of aliphatic carboxylic acids is 1. The van der Waals surface area contributed by atoms with Crippen molar-refractivity contribution in [2.75, 3.05) is 6.54 Å². The van der Waals surface area contributed by atoms with Crippen LogP contribution in [0.25, 0.3) is 0 Å². The Morgan fingerprint density at radius 2 is 1.86 bits per heavy atom. The van der Waals surface area contributed by atoms with Gasteiger partial charge in [-0.15, -0.1) is 0 Å². The van der Waals surface area contributed by atoms with Gasteiger partial charge >= 0.3 is 48.9 Å². The van der Waals surface area contributed by atoms with Crippen LogP contribution in [0.1, 0.15) is 0 Å². The number of halogens is 1. The molecule has 0 aliphatic heterocycles. The number of hydrogen-bond donors (Lipinski definition) is 1. The molecule has 0 radical (unpaired) electrons. The molecular formula is C2H4BaBrNO2. The topological polar surface area (TPSA) is 66.2 Å². The normalized spacial score (nSPS) is 5.29. The summed E-state index contributed by atoms with van der Waals surface area (Å²) in [7, 11) is 0. The fourth-order valence-corrected chi connectivity index (χ4v) is 0. The molecule has 0 heterocycles. The van der Waals surface area contributed by atoms with E-state index in [0.29, 0.717) is 0 Å². The van der Waals surface area contributed by atoms with Crippen molar-refractivity contribution in [3.8, 4) is 0 Å². The summed E-state index contributed by atoms with van der Waals surface area (Å²) in [5.41, 5.74) is 4.51. The second kappa shape index (κ2) is 10.5. The summed E-state index contributed by atoms with van der Waals surface area (Å²) in [6.07, 6.45) is 0. The third-order valence-electron chi connectivity index (χ3n) is 0.167. The molecule has 0 spiro atoms. The van der Waals surface area contributed by atoms with Crippen LogP contribution < -0.4 is 27.8 Å². The van der Waals surface area contributed by atoms with Crippen LogP contribution in [0.3, 0.4) is 0 Å². The molecule has 0 aromatic carbocycles. The van der Waals surface area contributed by atoms with Gasteiger partial charge in [-0.2, -0.15) is 0 Å². The van der Waals surface area contributed by atoms with E-state index in [4.69, 9.17) is 9.90 Å². The number of carboxylic acid groups (broad SMARTS) is 1. The molecule has 0 unspecified atom stereocenters. The molecule has 0 atom stereocenters. The van der Waals surface area contributed by atoms with Gasteiger partial charge in [0.1, 0.15) is 0 Å². The van der Waals surface area contributed by atoms with Crippen LogP contribution in [-0.4, -0.2) is 61.4 Å². The quantitative estimate of drug-likeness (QED) is 0.490. The first-order valence-electron chi connectivity index (χ1n) is 1.17. The maximum Gasteiger partial charge on any atom is 2.00 e. The maximum absolute atomic E-state index is 9.13. The SMILES string of the molecule is NCC(=O)[O-].[Ba+2].[Br-]. The molecule has 3 nitrogen and oxygen atoms in total. The van der Waals surface area contributed by atoms with Gasteiger partial charge < -0.3 is 32.6 Å². The van der Waals surface area contributed by atoms with Crippen LogP contribution in [0, 0.1) is 0 Å². The third kappa shape index (κ3) is 18.5. The maximum atomic E-state index is 9.13. The number of carbonyl (C=O) groups is 1. The zero-order chi connectivity index (χ0) is 4.28. The zero-order valence-corrected chi connectivity index (χ0v) is 9.71. The predicted octanol–water partition coefficient (Wildman–Crippen LogP) is -5.68. The van der Waals surface area contributed by atoms with Crippen LogP contribution in [0.2, 0.25) is 0 Å². The van der Waals surface area contributed by atoms with Crippen molar-refractivity contribution in [2.45, 2.75) is 0 Å². The van der Waals surface area contributed by atoms with E-state index in [-0.39, 0.29) is 72.4 Å². The van der Waals surface area contributed by atoms with E-state index in [1.807, 2.05) is 0 Å². The summed E-state index contributed by atoms with van der Waals surface area (Å²) in [6.45, 7) is -0.389. The van der Waals surface area contributed by atoms with Gasteiger partial charge in [-0.1, -0.05) is 0 Å². The summed E-state index contributed by atoms with van der Waals surface area (Å²) >= 11 is 0. The molecule has 0 aliphatic rings. The number of carbonyl (C=O) groups excluding carboxylic acids is 1. The minimum atomic E-state index is -1.22. The monoisotopic (exact) mass is 291 g/mol. The first-order chi connectivity index (χ1) is 2.27. The number of rotatable bonds is 1. The summed E-state index contributed by atoms with van der Waals surface area (Å²) in [5, 5.41) is 9.13. The third-order valence-corrected chi connectivity index (χ3v) is 0.167. The molecule has 2 N–H and O–H groups in total. The first-order valence-corrected chi connectivity index (χ1v) is 1.17. The molecule has 0 bridgehead atoms. The van der Waals surface area contributed by atoms with Crippen LogP contribution >= 0.6 is 0 Å². The fourth-order valence-electron chi connectivity index (χ4n) is 0. The van der Waals surface area contributed by atoms with Crippen molar-refractivity contribution in [3.05, 3.63) is 0 Å². The Kier molecular flexibility index (Phi) is 23.6. The Balaban J connectivity index is -0.0000000800. The van der Waals surface area contributed by atoms with E-state index < -0.39 is 5.97 Å². The largest absolute Gasteiger partial charge is 2.00 e. The molecule has 0 fully saturated rings. The van der Waals surface area contributed by atoms with Gasteiger partial charge in [0.05, 0.1) is 5.97 Å². The Morgan fingerprint density at radius 3 is 1.86 bits per heavy atom. The minimum Gasteiger partial charge on any atom is -1.00 e. The van der Waals surface area contributed by atoms with Crippen LogP contribution in [0.5, 0.6) is 0 Å².